The third-order valence-corrected chi connectivity index (χ3v) is 4.29. The lowest BCUT2D eigenvalue weighted by atomic mass is 10.1. The smallest absolute Gasteiger partial charge is 0.135 e. The number of imidazole rings is 1. The van der Waals surface area contributed by atoms with Crippen LogP contribution in [0.3, 0.4) is 0 Å². The lowest BCUT2D eigenvalue weighted by Crippen LogP contribution is -2.47. The normalized spacial score (nSPS) is 19.9. The highest BCUT2D eigenvalue weighted by molar-refractivity contribution is 9.10. The van der Waals surface area contributed by atoms with Gasteiger partial charge >= 0.3 is 0 Å². The van der Waals surface area contributed by atoms with Crippen LogP contribution in [0.5, 0.6) is 0 Å². The van der Waals surface area contributed by atoms with E-state index in [0.717, 1.165) is 48.8 Å². The molecular weight excluding hydrogens is 322 g/mol. The molecule has 0 radical (unpaired) electrons. The van der Waals surface area contributed by atoms with Crippen molar-refractivity contribution < 1.29 is 4.74 Å². The number of ether oxygens (including phenoxy) is 1. The fraction of sp³-hybridized carbons (Fsp3) is 0.538. The number of hydrogen-bond acceptors (Lipinski definition) is 4. The van der Waals surface area contributed by atoms with Crippen molar-refractivity contribution >= 4 is 15.9 Å². The highest BCUT2D eigenvalue weighted by Gasteiger charge is 2.29. The molecule has 20 heavy (non-hydrogen) atoms. The van der Waals surface area contributed by atoms with Gasteiger partial charge in [0.05, 0.1) is 29.0 Å². The summed E-state index contributed by atoms with van der Waals surface area (Å²) in [5, 5.41) is 4.34. The van der Waals surface area contributed by atoms with Crippen LogP contribution in [0, 0.1) is 0 Å². The zero-order valence-electron chi connectivity index (χ0n) is 11.1. The Morgan fingerprint density at radius 3 is 3.00 bits per heavy atom. The molecule has 4 rings (SSSR count). The molecule has 1 saturated heterocycles. The topological polar surface area (TPSA) is 48.1 Å². The van der Waals surface area contributed by atoms with Crippen LogP contribution in [0.25, 0.3) is 0 Å². The number of nitrogens with zero attached hydrogens (tertiary/aromatic N) is 5. The zero-order valence-corrected chi connectivity index (χ0v) is 12.7. The van der Waals surface area contributed by atoms with E-state index < -0.39 is 0 Å². The van der Waals surface area contributed by atoms with Gasteiger partial charge < -0.3 is 9.30 Å². The molecule has 2 aromatic heterocycles. The molecule has 6 nitrogen and oxygen atoms in total. The lowest BCUT2D eigenvalue weighted by Gasteiger charge is -2.38. The second-order valence-corrected chi connectivity index (χ2v) is 6.30. The Labute approximate surface area is 125 Å². The molecule has 2 aromatic rings. The Bertz CT molecular complexity index is 593. The molecule has 2 aliphatic rings. The molecule has 4 heterocycles. The predicted octanol–water partition coefficient (Wildman–Crippen LogP) is 1.43. The number of fused-ring (bicyclic) bond motifs is 1. The largest absolute Gasteiger partial charge is 0.372 e. The molecule has 2 aliphatic heterocycles. The summed E-state index contributed by atoms with van der Waals surface area (Å²) in [5.74, 6) is 1.05. The van der Waals surface area contributed by atoms with Crippen LogP contribution in [0.2, 0.25) is 0 Å². The zero-order chi connectivity index (χ0) is 13.5. The van der Waals surface area contributed by atoms with Crippen LogP contribution in [-0.2, 0) is 24.4 Å². The molecule has 7 heteroatoms. The van der Waals surface area contributed by atoms with Crippen molar-refractivity contribution in [1.82, 2.24) is 24.2 Å². The van der Waals surface area contributed by atoms with Gasteiger partial charge in [-0.1, -0.05) is 0 Å². The highest BCUT2D eigenvalue weighted by Crippen LogP contribution is 2.24. The average molecular weight is 338 g/mol. The minimum atomic E-state index is 0.488. The van der Waals surface area contributed by atoms with Crippen LogP contribution in [0.4, 0.5) is 0 Å². The highest BCUT2D eigenvalue weighted by atomic mass is 79.9. The summed E-state index contributed by atoms with van der Waals surface area (Å²) in [6.45, 7) is 5.34. The quantitative estimate of drug-likeness (QED) is 0.850. The van der Waals surface area contributed by atoms with Crippen LogP contribution in [0.15, 0.2) is 23.1 Å². The molecule has 0 saturated carbocycles. The van der Waals surface area contributed by atoms with Gasteiger partial charge in [0.1, 0.15) is 12.4 Å². The minimum Gasteiger partial charge on any atom is -0.372 e. The number of rotatable bonds is 3. The summed E-state index contributed by atoms with van der Waals surface area (Å²) < 4.78 is 10.7. The lowest BCUT2D eigenvalue weighted by molar-refractivity contribution is 0.0813. The fourth-order valence-electron chi connectivity index (χ4n) is 2.81. The maximum absolute atomic E-state index is 5.42. The Kier molecular flexibility index (Phi) is 3.13. The van der Waals surface area contributed by atoms with E-state index in [2.05, 4.69) is 41.7 Å². The van der Waals surface area contributed by atoms with Gasteiger partial charge in [-0.25, -0.2) is 4.98 Å². The van der Waals surface area contributed by atoms with E-state index in [1.54, 1.807) is 0 Å². The van der Waals surface area contributed by atoms with Crippen molar-refractivity contribution in [3.05, 3.63) is 34.6 Å². The van der Waals surface area contributed by atoms with Gasteiger partial charge in [-0.2, -0.15) is 5.10 Å². The van der Waals surface area contributed by atoms with Crippen molar-refractivity contribution in [3.8, 4) is 0 Å². The summed E-state index contributed by atoms with van der Waals surface area (Å²) in [4.78, 5) is 7.04. The molecule has 0 aliphatic carbocycles. The van der Waals surface area contributed by atoms with Crippen molar-refractivity contribution in [2.45, 2.75) is 25.7 Å². The van der Waals surface area contributed by atoms with Gasteiger partial charge in [-0.05, 0) is 15.9 Å². The van der Waals surface area contributed by atoms with Gasteiger partial charge in [0.15, 0.2) is 0 Å². The molecule has 0 N–H and O–H groups in total. The second kappa shape index (κ2) is 4.98. The molecule has 106 valence electrons. The third kappa shape index (κ3) is 2.30. The first-order valence-electron chi connectivity index (χ1n) is 6.82. The molecule has 0 spiro atoms. The maximum Gasteiger partial charge on any atom is 0.135 e. The van der Waals surface area contributed by atoms with E-state index in [4.69, 9.17) is 4.74 Å². The van der Waals surface area contributed by atoms with Crippen LogP contribution in [0.1, 0.15) is 17.6 Å². The van der Waals surface area contributed by atoms with E-state index in [0.29, 0.717) is 12.6 Å². The summed E-state index contributed by atoms with van der Waals surface area (Å²) in [6.07, 6.45) is 6.04. The predicted molar refractivity (Wildman–Crippen MR) is 76.1 cm³/mol. The van der Waals surface area contributed by atoms with E-state index in [-0.39, 0.29) is 0 Å². The average Bonchev–Trinajstić information content (AvgIpc) is 2.98. The monoisotopic (exact) mass is 337 g/mol. The van der Waals surface area contributed by atoms with Gasteiger partial charge in [0.2, 0.25) is 0 Å². The number of aromatic nitrogens is 4. The Morgan fingerprint density at radius 2 is 2.25 bits per heavy atom. The number of likely N-dealkylation sites (tertiary alicyclic amines) is 1. The Morgan fingerprint density at radius 1 is 1.35 bits per heavy atom. The maximum atomic E-state index is 5.42. The van der Waals surface area contributed by atoms with Gasteiger partial charge in [-0.15, -0.1) is 0 Å². The Hall–Kier alpha value is -1.18. The van der Waals surface area contributed by atoms with Crippen molar-refractivity contribution in [3.63, 3.8) is 0 Å². The summed E-state index contributed by atoms with van der Waals surface area (Å²) in [6, 6.07) is 0.488. The van der Waals surface area contributed by atoms with Crippen LogP contribution in [-0.4, -0.2) is 43.9 Å². The van der Waals surface area contributed by atoms with Crippen molar-refractivity contribution in [1.29, 1.82) is 0 Å². The van der Waals surface area contributed by atoms with Crippen molar-refractivity contribution in [2.75, 3.05) is 19.7 Å². The molecule has 0 bridgehead atoms. The first kappa shape index (κ1) is 12.6. The molecule has 0 unspecified atom stereocenters. The minimum absolute atomic E-state index is 0.488. The standard InChI is InChI=1S/C13H16BrN5O/c14-10-3-15-19(4-10)12-7-17(8-12)5-11-6-18-1-2-20-9-13(18)16-11/h3-4,6,12H,1-2,5,7-9H2. The molecule has 0 atom stereocenters. The van der Waals surface area contributed by atoms with Crippen LogP contribution < -0.4 is 0 Å². The molecule has 0 amide bonds. The molecular formula is C13H16BrN5O. The van der Waals surface area contributed by atoms with Gasteiger partial charge in [0.25, 0.3) is 0 Å². The number of halogens is 1. The van der Waals surface area contributed by atoms with E-state index in [1.165, 1.54) is 0 Å². The Balaban J connectivity index is 1.36. The summed E-state index contributed by atoms with van der Waals surface area (Å²) >= 11 is 3.43. The molecule has 0 aromatic carbocycles. The SMILES string of the molecule is Brc1cnn(C2CN(Cc3cn4c(n3)COCC4)C2)c1. The van der Waals surface area contributed by atoms with E-state index >= 15 is 0 Å². The van der Waals surface area contributed by atoms with E-state index in [1.807, 2.05) is 17.1 Å². The van der Waals surface area contributed by atoms with Gasteiger partial charge in [-0.3, -0.25) is 9.58 Å². The first-order valence-corrected chi connectivity index (χ1v) is 7.62. The van der Waals surface area contributed by atoms with E-state index in [9.17, 15) is 0 Å². The van der Waals surface area contributed by atoms with Crippen LogP contribution >= 0.6 is 15.9 Å². The fourth-order valence-corrected chi connectivity index (χ4v) is 3.11. The first-order chi connectivity index (χ1) is 9.78. The van der Waals surface area contributed by atoms with Crippen molar-refractivity contribution in [2.24, 2.45) is 0 Å². The second-order valence-electron chi connectivity index (χ2n) is 5.38. The summed E-state index contributed by atoms with van der Waals surface area (Å²) in [5.41, 5.74) is 1.14. The third-order valence-electron chi connectivity index (χ3n) is 3.88. The number of hydrogen-bond donors (Lipinski definition) is 0. The molecule has 1 fully saturated rings. The summed E-state index contributed by atoms with van der Waals surface area (Å²) in [7, 11) is 0. The van der Waals surface area contributed by atoms with Gasteiger partial charge in [0, 0.05) is 38.6 Å².